The van der Waals surface area contributed by atoms with E-state index in [1.165, 1.54) is 44.4 Å². The molecule has 0 aliphatic heterocycles. The van der Waals surface area contributed by atoms with Crippen molar-refractivity contribution < 1.29 is 22.3 Å². The maximum absolute atomic E-state index is 13.0. The SMILES string of the molecule is CN(C)S(=O)(=O)c1ccc(OCCOc2ccc(F)c(Cl)c2)cc1. The summed E-state index contributed by atoms with van der Waals surface area (Å²) in [6, 6.07) is 10.2. The van der Waals surface area contributed by atoms with Gasteiger partial charge in [0.05, 0.1) is 9.92 Å². The van der Waals surface area contributed by atoms with Crippen molar-refractivity contribution in [1.82, 2.24) is 4.31 Å². The summed E-state index contributed by atoms with van der Waals surface area (Å²) >= 11 is 5.66. The molecule has 130 valence electrons. The second-order valence-corrected chi connectivity index (χ2v) is 7.59. The van der Waals surface area contributed by atoms with E-state index in [4.69, 9.17) is 21.1 Å². The van der Waals surface area contributed by atoms with Crippen LogP contribution in [-0.4, -0.2) is 40.0 Å². The second-order valence-electron chi connectivity index (χ2n) is 5.03. The van der Waals surface area contributed by atoms with E-state index < -0.39 is 15.8 Å². The normalized spacial score (nSPS) is 11.5. The minimum atomic E-state index is -3.45. The lowest BCUT2D eigenvalue weighted by Gasteiger charge is -2.12. The molecule has 0 saturated heterocycles. The molecule has 0 atom stereocenters. The molecule has 0 aliphatic carbocycles. The van der Waals surface area contributed by atoms with E-state index in [9.17, 15) is 12.8 Å². The van der Waals surface area contributed by atoms with Gasteiger partial charge in [-0.3, -0.25) is 0 Å². The lowest BCUT2D eigenvalue weighted by atomic mass is 10.3. The molecule has 2 aromatic carbocycles. The molecule has 0 fully saturated rings. The van der Waals surface area contributed by atoms with Crippen LogP contribution in [0.5, 0.6) is 11.5 Å². The number of hydrogen-bond donors (Lipinski definition) is 0. The monoisotopic (exact) mass is 373 g/mol. The summed E-state index contributed by atoms with van der Waals surface area (Å²) in [7, 11) is -0.510. The van der Waals surface area contributed by atoms with Gasteiger partial charge in [-0.25, -0.2) is 17.1 Å². The summed E-state index contributed by atoms with van der Waals surface area (Å²) in [5.74, 6) is 0.457. The van der Waals surface area contributed by atoms with Crippen LogP contribution >= 0.6 is 11.6 Å². The molecule has 0 unspecified atom stereocenters. The summed E-state index contributed by atoms with van der Waals surface area (Å²) in [4.78, 5) is 0.192. The fourth-order valence-electron chi connectivity index (χ4n) is 1.80. The summed E-state index contributed by atoms with van der Waals surface area (Å²) in [6.07, 6.45) is 0. The van der Waals surface area contributed by atoms with E-state index in [2.05, 4.69) is 0 Å². The quantitative estimate of drug-likeness (QED) is 0.699. The van der Waals surface area contributed by atoms with E-state index in [1.807, 2.05) is 0 Å². The van der Waals surface area contributed by atoms with Crippen molar-refractivity contribution in [3.05, 3.63) is 53.3 Å². The molecular weight excluding hydrogens is 357 g/mol. The molecule has 24 heavy (non-hydrogen) atoms. The maximum atomic E-state index is 13.0. The van der Waals surface area contributed by atoms with Crippen molar-refractivity contribution in [3.63, 3.8) is 0 Å². The van der Waals surface area contributed by atoms with E-state index in [-0.39, 0.29) is 23.1 Å². The Kier molecular flexibility index (Phi) is 6.04. The highest BCUT2D eigenvalue weighted by molar-refractivity contribution is 7.89. The molecular formula is C16H17ClFNO4S. The summed E-state index contributed by atoms with van der Waals surface area (Å²) < 4.78 is 48.9. The van der Waals surface area contributed by atoms with Crippen LogP contribution in [0.1, 0.15) is 0 Å². The Hall–Kier alpha value is -1.83. The zero-order chi connectivity index (χ0) is 17.7. The van der Waals surface area contributed by atoms with Gasteiger partial charge in [0.1, 0.15) is 30.5 Å². The largest absolute Gasteiger partial charge is 0.490 e. The van der Waals surface area contributed by atoms with Crippen molar-refractivity contribution in [3.8, 4) is 11.5 Å². The van der Waals surface area contributed by atoms with E-state index in [0.717, 1.165) is 4.31 Å². The van der Waals surface area contributed by atoms with Gasteiger partial charge in [-0.2, -0.15) is 0 Å². The molecule has 0 N–H and O–H groups in total. The van der Waals surface area contributed by atoms with Gasteiger partial charge in [-0.05, 0) is 36.4 Å². The number of benzene rings is 2. The number of hydrogen-bond acceptors (Lipinski definition) is 4. The molecule has 0 radical (unpaired) electrons. The van der Waals surface area contributed by atoms with E-state index in [1.54, 1.807) is 12.1 Å². The van der Waals surface area contributed by atoms with Crippen LogP contribution < -0.4 is 9.47 Å². The molecule has 0 saturated carbocycles. The van der Waals surface area contributed by atoms with Crippen LogP contribution in [0.3, 0.4) is 0 Å². The van der Waals surface area contributed by atoms with Crippen molar-refractivity contribution in [2.45, 2.75) is 4.90 Å². The highest BCUT2D eigenvalue weighted by atomic mass is 35.5. The van der Waals surface area contributed by atoms with Gasteiger partial charge in [0.2, 0.25) is 10.0 Å². The highest BCUT2D eigenvalue weighted by Crippen LogP contribution is 2.21. The molecule has 0 bridgehead atoms. The minimum Gasteiger partial charge on any atom is -0.490 e. The summed E-state index contributed by atoms with van der Waals surface area (Å²) in [5.41, 5.74) is 0. The average molecular weight is 374 g/mol. The molecule has 0 aromatic heterocycles. The highest BCUT2D eigenvalue weighted by Gasteiger charge is 2.16. The topological polar surface area (TPSA) is 55.8 Å². The van der Waals surface area contributed by atoms with E-state index >= 15 is 0 Å². The minimum absolute atomic E-state index is 0.00823. The Labute approximate surface area is 145 Å². The van der Waals surface area contributed by atoms with Crippen LogP contribution in [0, 0.1) is 5.82 Å². The number of rotatable bonds is 7. The van der Waals surface area contributed by atoms with Crippen molar-refractivity contribution in [2.75, 3.05) is 27.3 Å². The zero-order valence-corrected chi connectivity index (χ0v) is 14.8. The summed E-state index contributed by atoms with van der Waals surface area (Å²) in [6.45, 7) is 0.481. The van der Waals surface area contributed by atoms with Crippen molar-refractivity contribution in [1.29, 1.82) is 0 Å². The predicted molar refractivity (Wildman–Crippen MR) is 89.7 cm³/mol. The van der Waals surface area contributed by atoms with Crippen LogP contribution in [-0.2, 0) is 10.0 Å². The molecule has 0 amide bonds. The first-order valence-corrected chi connectivity index (χ1v) is 8.86. The summed E-state index contributed by atoms with van der Waals surface area (Å²) in [5, 5.41) is -0.00823. The number of nitrogens with zero attached hydrogens (tertiary/aromatic N) is 1. The lowest BCUT2D eigenvalue weighted by molar-refractivity contribution is 0.217. The fraction of sp³-hybridized carbons (Fsp3) is 0.250. The molecule has 0 spiro atoms. The van der Waals surface area contributed by atoms with Gasteiger partial charge in [0, 0.05) is 20.2 Å². The number of ether oxygens (including phenoxy) is 2. The van der Waals surface area contributed by atoms with Crippen LogP contribution in [0.15, 0.2) is 47.4 Å². The lowest BCUT2D eigenvalue weighted by Crippen LogP contribution is -2.22. The van der Waals surface area contributed by atoms with Gasteiger partial charge in [-0.15, -0.1) is 0 Å². The smallest absolute Gasteiger partial charge is 0.242 e. The molecule has 2 rings (SSSR count). The van der Waals surface area contributed by atoms with E-state index in [0.29, 0.717) is 11.5 Å². The molecule has 0 heterocycles. The first-order valence-electron chi connectivity index (χ1n) is 7.04. The Bertz CT molecular complexity index is 794. The Morgan fingerprint density at radius 3 is 2.08 bits per heavy atom. The Morgan fingerprint density at radius 1 is 1.00 bits per heavy atom. The molecule has 0 aliphatic rings. The third kappa shape index (κ3) is 4.59. The van der Waals surface area contributed by atoms with Crippen molar-refractivity contribution >= 4 is 21.6 Å². The Morgan fingerprint density at radius 2 is 1.54 bits per heavy atom. The van der Waals surface area contributed by atoms with Gasteiger partial charge in [-0.1, -0.05) is 11.6 Å². The van der Waals surface area contributed by atoms with Gasteiger partial charge < -0.3 is 9.47 Å². The van der Waals surface area contributed by atoms with Crippen LogP contribution in [0.25, 0.3) is 0 Å². The van der Waals surface area contributed by atoms with Gasteiger partial charge in [0.15, 0.2) is 0 Å². The first kappa shape index (κ1) is 18.5. The number of halogens is 2. The van der Waals surface area contributed by atoms with Gasteiger partial charge in [0.25, 0.3) is 0 Å². The van der Waals surface area contributed by atoms with Gasteiger partial charge >= 0.3 is 0 Å². The van der Waals surface area contributed by atoms with Crippen LogP contribution in [0.2, 0.25) is 5.02 Å². The standard InChI is InChI=1S/C16H17ClFNO4S/c1-19(2)24(20,21)14-6-3-12(4-7-14)22-9-10-23-13-5-8-16(18)15(17)11-13/h3-8,11H,9-10H2,1-2H3. The fourth-order valence-corrected chi connectivity index (χ4v) is 2.88. The zero-order valence-electron chi connectivity index (χ0n) is 13.2. The predicted octanol–water partition coefficient (Wildman–Crippen LogP) is 3.19. The maximum Gasteiger partial charge on any atom is 0.242 e. The molecule has 8 heteroatoms. The third-order valence-corrected chi connectivity index (χ3v) is 5.23. The first-order chi connectivity index (χ1) is 11.3. The Balaban J connectivity index is 1.85. The second kappa shape index (κ2) is 7.83. The van der Waals surface area contributed by atoms with Crippen LogP contribution in [0.4, 0.5) is 4.39 Å². The van der Waals surface area contributed by atoms with Crippen molar-refractivity contribution in [2.24, 2.45) is 0 Å². The molecule has 5 nitrogen and oxygen atoms in total. The third-order valence-electron chi connectivity index (χ3n) is 3.11. The molecule has 2 aromatic rings. The number of sulfonamides is 1. The average Bonchev–Trinajstić information content (AvgIpc) is 2.55.